The summed E-state index contributed by atoms with van der Waals surface area (Å²) in [6.45, 7) is 7.72. The highest BCUT2D eigenvalue weighted by Gasteiger charge is 2.49. The van der Waals surface area contributed by atoms with Crippen LogP contribution in [0.3, 0.4) is 0 Å². The number of ether oxygens (including phenoxy) is 1. The average molecular weight is 292 g/mol. The summed E-state index contributed by atoms with van der Waals surface area (Å²) < 4.78 is 5.32. The Kier molecular flexibility index (Phi) is 4.02. The smallest absolute Gasteiger partial charge is 0.230 e. The van der Waals surface area contributed by atoms with Crippen LogP contribution in [0.15, 0.2) is 12.7 Å². The largest absolute Gasteiger partial charge is 0.381 e. The molecule has 0 bridgehead atoms. The Balaban J connectivity index is 1.69. The molecular formula is C16H24N2O3. The summed E-state index contributed by atoms with van der Waals surface area (Å²) in [6, 6.07) is 0. The Bertz CT molecular complexity index is 445. The second kappa shape index (κ2) is 5.79. The molecule has 116 valence electrons. The van der Waals surface area contributed by atoms with Crippen LogP contribution in [0.4, 0.5) is 0 Å². The maximum Gasteiger partial charge on any atom is 0.230 e. The van der Waals surface area contributed by atoms with E-state index in [4.69, 9.17) is 4.74 Å². The van der Waals surface area contributed by atoms with Gasteiger partial charge in [-0.1, -0.05) is 6.08 Å². The molecule has 3 fully saturated rings. The van der Waals surface area contributed by atoms with Crippen LogP contribution in [0.2, 0.25) is 0 Å². The van der Waals surface area contributed by atoms with E-state index in [1.807, 2.05) is 9.80 Å². The molecule has 3 rings (SSSR count). The highest BCUT2D eigenvalue weighted by atomic mass is 16.5. The fourth-order valence-electron chi connectivity index (χ4n) is 3.91. The van der Waals surface area contributed by atoms with Gasteiger partial charge in [-0.15, -0.1) is 6.58 Å². The number of hydrogen-bond acceptors (Lipinski definition) is 3. The van der Waals surface area contributed by atoms with Crippen molar-refractivity contribution >= 4 is 11.8 Å². The number of carbonyl (C=O) groups is 2. The molecule has 3 aliphatic rings. The Morgan fingerprint density at radius 1 is 1.43 bits per heavy atom. The Labute approximate surface area is 125 Å². The highest BCUT2D eigenvalue weighted by molar-refractivity contribution is 5.87. The first kappa shape index (κ1) is 14.6. The lowest BCUT2D eigenvalue weighted by molar-refractivity contribution is -0.145. The molecule has 21 heavy (non-hydrogen) atoms. The van der Waals surface area contributed by atoms with Crippen LogP contribution in [0, 0.1) is 11.3 Å². The standard InChI is InChI=1S/C16H24N2O3/c1-2-7-17-9-6-16(15(17)20)5-3-8-18(12-16)14(19)13-4-10-21-11-13/h2,13H,1,3-12H2/t13-,16-/m0/s1. The fraction of sp³-hybridized carbons (Fsp3) is 0.750. The number of rotatable bonds is 3. The van der Waals surface area contributed by atoms with Crippen LogP contribution in [-0.4, -0.2) is 61.0 Å². The second-order valence-electron chi connectivity index (χ2n) is 6.49. The van der Waals surface area contributed by atoms with Gasteiger partial charge in [0.05, 0.1) is 17.9 Å². The van der Waals surface area contributed by atoms with Crippen molar-refractivity contribution in [2.45, 2.75) is 25.7 Å². The summed E-state index contributed by atoms with van der Waals surface area (Å²) in [7, 11) is 0. The van der Waals surface area contributed by atoms with E-state index in [0.29, 0.717) is 26.3 Å². The number of carbonyl (C=O) groups excluding carboxylic acids is 2. The maximum atomic E-state index is 12.7. The van der Waals surface area contributed by atoms with Gasteiger partial charge in [0.1, 0.15) is 0 Å². The molecule has 3 heterocycles. The minimum absolute atomic E-state index is 0.000864. The van der Waals surface area contributed by atoms with E-state index < -0.39 is 0 Å². The Morgan fingerprint density at radius 3 is 3.00 bits per heavy atom. The second-order valence-corrected chi connectivity index (χ2v) is 6.49. The number of nitrogens with zero attached hydrogens (tertiary/aromatic N) is 2. The van der Waals surface area contributed by atoms with Crippen molar-refractivity contribution in [2.75, 3.05) is 39.4 Å². The lowest BCUT2D eigenvalue weighted by atomic mass is 9.78. The normalized spacial score (nSPS) is 33.0. The molecule has 3 aliphatic heterocycles. The first-order chi connectivity index (χ1) is 10.2. The van der Waals surface area contributed by atoms with Crippen LogP contribution < -0.4 is 0 Å². The SMILES string of the molecule is C=CCN1CC[C@]2(CCCN(C(=O)[C@H]3CCOC3)C2)C1=O. The van der Waals surface area contributed by atoms with E-state index in [1.165, 1.54) is 0 Å². The summed E-state index contributed by atoms with van der Waals surface area (Å²) in [5, 5.41) is 0. The van der Waals surface area contributed by atoms with Crippen LogP contribution in [-0.2, 0) is 14.3 Å². The van der Waals surface area contributed by atoms with E-state index in [1.54, 1.807) is 6.08 Å². The quantitative estimate of drug-likeness (QED) is 0.731. The van der Waals surface area contributed by atoms with Crippen LogP contribution >= 0.6 is 0 Å². The van der Waals surface area contributed by atoms with Crippen LogP contribution in [0.1, 0.15) is 25.7 Å². The van der Waals surface area contributed by atoms with Crippen molar-refractivity contribution in [1.29, 1.82) is 0 Å². The van der Waals surface area contributed by atoms with Gasteiger partial charge in [0.25, 0.3) is 0 Å². The number of piperidine rings is 1. The maximum absolute atomic E-state index is 12.7. The van der Waals surface area contributed by atoms with Gasteiger partial charge in [0.2, 0.25) is 11.8 Å². The van der Waals surface area contributed by atoms with E-state index in [9.17, 15) is 9.59 Å². The van der Waals surface area contributed by atoms with E-state index in [0.717, 1.165) is 38.8 Å². The molecule has 2 atom stereocenters. The van der Waals surface area contributed by atoms with Gasteiger partial charge in [0.15, 0.2) is 0 Å². The van der Waals surface area contributed by atoms with Gasteiger partial charge in [-0.05, 0) is 25.7 Å². The lowest BCUT2D eigenvalue weighted by Gasteiger charge is -2.39. The van der Waals surface area contributed by atoms with Crippen molar-refractivity contribution in [2.24, 2.45) is 11.3 Å². The predicted octanol–water partition coefficient (Wildman–Crippen LogP) is 1.05. The zero-order valence-electron chi connectivity index (χ0n) is 12.6. The van der Waals surface area contributed by atoms with Crippen molar-refractivity contribution in [3.63, 3.8) is 0 Å². The van der Waals surface area contributed by atoms with Crippen molar-refractivity contribution in [3.05, 3.63) is 12.7 Å². The third-order valence-corrected chi connectivity index (χ3v) is 5.12. The lowest BCUT2D eigenvalue weighted by Crippen LogP contribution is -2.51. The molecule has 5 nitrogen and oxygen atoms in total. The van der Waals surface area contributed by atoms with Gasteiger partial charge < -0.3 is 14.5 Å². The minimum atomic E-state index is -0.337. The first-order valence-corrected chi connectivity index (χ1v) is 7.93. The van der Waals surface area contributed by atoms with Crippen molar-refractivity contribution in [3.8, 4) is 0 Å². The van der Waals surface area contributed by atoms with E-state index >= 15 is 0 Å². The average Bonchev–Trinajstić information content (AvgIpc) is 3.12. The molecule has 3 saturated heterocycles. The molecule has 0 aromatic carbocycles. The van der Waals surface area contributed by atoms with Gasteiger partial charge >= 0.3 is 0 Å². The molecule has 2 amide bonds. The molecule has 0 unspecified atom stereocenters. The molecule has 0 radical (unpaired) electrons. The third kappa shape index (κ3) is 2.59. The minimum Gasteiger partial charge on any atom is -0.381 e. The van der Waals surface area contributed by atoms with Gasteiger partial charge in [0, 0.05) is 32.8 Å². The summed E-state index contributed by atoms with van der Waals surface area (Å²) >= 11 is 0. The van der Waals surface area contributed by atoms with E-state index in [-0.39, 0.29) is 23.1 Å². The van der Waals surface area contributed by atoms with Crippen LogP contribution in [0.25, 0.3) is 0 Å². The summed E-state index contributed by atoms with van der Waals surface area (Å²) in [6.07, 6.45) is 5.29. The van der Waals surface area contributed by atoms with Gasteiger partial charge in [-0.25, -0.2) is 0 Å². The molecule has 0 saturated carbocycles. The molecular weight excluding hydrogens is 268 g/mol. The number of likely N-dealkylation sites (tertiary alicyclic amines) is 2. The van der Waals surface area contributed by atoms with Crippen molar-refractivity contribution < 1.29 is 14.3 Å². The molecule has 0 aromatic heterocycles. The zero-order chi connectivity index (χ0) is 14.9. The topological polar surface area (TPSA) is 49.9 Å². The highest BCUT2D eigenvalue weighted by Crippen LogP contribution is 2.40. The third-order valence-electron chi connectivity index (χ3n) is 5.12. The van der Waals surface area contributed by atoms with Crippen LogP contribution in [0.5, 0.6) is 0 Å². The van der Waals surface area contributed by atoms with Gasteiger partial charge in [-0.3, -0.25) is 9.59 Å². The Hall–Kier alpha value is -1.36. The van der Waals surface area contributed by atoms with Gasteiger partial charge in [-0.2, -0.15) is 0 Å². The first-order valence-electron chi connectivity index (χ1n) is 7.93. The Morgan fingerprint density at radius 2 is 2.29 bits per heavy atom. The molecule has 1 spiro atoms. The molecule has 0 aromatic rings. The fourth-order valence-corrected chi connectivity index (χ4v) is 3.91. The summed E-state index contributed by atoms with van der Waals surface area (Å²) in [4.78, 5) is 29.0. The predicted molar refractivity (Wildman–Crippen MR) is 78.6 cm³/mol. The number of hydrogen-bond donors (Lipinski definition) is 0. The molecule has 0 aliphatic carbocycles. The monoisotopic (exact) mass is 292 g/mol. The van der Waals surface area contributed by atoms with E-state index in [2.05, 4.69) is 6.58 Å². The number of amides is 2. The zero-order valence-corrected chi connectivity index (χ0v) is 12.6. The molecule has 0 N–H and O–H groups in total. The molecule has 5 heteroatoms. The van der Waals surface area contributed by atoms with Crippen molar-refractivity contribution in [1.82, 2.24) is 9.80 Å². The summed E-state index contributed by atoms with van der Waals surface area (Å²) in [5.74, 6) is 0.394. The summed E-state index contributed by atoms with van der Waals surface area (Å²) in [5.41, 5.74) is -0.337.